The molecule has 3 heteroatoms. The lowest BCUT2D eigenvalue weighted by Gasteiger charge is -2.04. The van der Waals surface area contributed by atoms with E-state index in [1.54, 1.807) is 13.0 Å². The van der Waals surface area contributed by atoms with Gasteiger partial charge in [-0.1, -0.05) is 0 Å². The van der Waals surface area contributed by atoms with Gasteiger partial charge in [0.25, 0.3) is 5.91 Å². The van der Waals surface area contributed by atoms with Crippen molar-refractivity contribution in [2.24, 2.45) is 0 Å². The minimum Gasteiger partial charge on any atom is -0.349 e. The molecule has 1 amide bonds. The van der Waals surface area contributed by atoms with Gasteiger partial charge in [-0.25, -0.2) is 4.39 Å². The van der Waals surface area contributed by atoms with Crippen LogP contribution in [0.15, 0.2) is 18.2 Å². The molecule has 2 rings (SSSR count). The molecule has 1 aliphatic carbocycles. The fraction of sp³-hybridized carbons (Fsp3) is 0.364. The fourth-order valence-corrected chi connectivity index (χ4v) is 1.36. The quantitative estimate of drug-likeness (QED) is 0.765. The van der Waals surface area contributed by atoms with Crippen LogP contribution < -0.4 is 5.32 Å². The van der Waals surface area contributed by atoms with E-state index in [4.69, 9.17) is 0 Å². The second-order valence-electron chi connectivity index (χ2n) is 3.76. The molecule has 2 nitrogen and oxygen atoms in total. The molecule has 0 radical (unpaired) electrons. The number of aryl methyl sites for hydroxylation is 1. The smallest absolute Gasteiger partial charge is 0.251 e. The van der Waals surface area contributed by atoms with Crippen molar-refractivity contribution in [3.63, 3.8) is 0 Å². The molecule has 0 atom stereocenters. The highest BCUT2D eigenvalue weighted by molar-refractivity contribution is 5.94. The maximum Gasteiger partial charge on any atom is 0.251 e. The van der Waals surface area contributed by atoms with Crippen molar-refractivity contribution in [2.75, 3.05) is 0 Å². The van der Waals surface area contributed by atoms with Crippen molar-refractivity contribution in [1.29, 1.82) is 0 Å². The van der Waals surface area contributed by atoms with Crippen LogP contribution in [0.5, 0.6) is 0 Å². The van der Waals surface area contributed by atoms with Crippen LogP contribution in [0.3, 0.4) is 0 Å². The summed E-state index contributed by atoms with van der Waals surface area (Å²) in [7, 11) is 0. The number of hydrogen-bond donors (Lipinski definition) is 1. The number of amides is 1. The molecule has 1 aromatic rings. The van der Waals surface area contributed by atoms with E-state index in [0.717, 1.165) is 18.4 Å². The molecule has 74 valence electrons. The molecule has 1 saturated carbocycles. The summed E-state index contributed by atoms with van der Waals surface area (Å²) in [6.07, 6.45) is 2.08. The zero-order valence-electron chi connectivity index (χ0n) is 8.01. The van der Waals surface area contributed by atoms with Gasteiger partial charge in [-0.2, -0.15) is 0 Å². The Morgan fingerprint density at radius 3 is 2.71 bits per heavy atom. The summed E-state index contributed by atoms with van der Waals surface area (Å²) in [4.78, 5) is 11.5. The summed E-state index contributed by atoms with van der Waals surface area (Å²) >= 11 is 0. The lowest BCUT2D eigenvalue weighted by atomic mass is 10.1. The highest BCUT2D eigenvalue weighted by Gasteiger charge is 2.23. The molecule has 1 aromatic carbocycles. The maximum atomic E-state index is 13.0. The van der Waals surface area contributed by atoms with E-state index in [9.17, 15) is 9.18 Å². The van der Waals surface area contributed by atoms with Crippen molar-refractivity contribution in [2.45, 2.75) is 25.8 Å². The third-order valence-corrected chi connectivity index (χ3v) is 2.22. The van der Waals surface area contributed by atoms with Crippen molar-refractivity contribution >= 4 is 5.91 Å². The Bertz CT molecular complexity index is 351. The van der Waals surface area contributed by atoms with Gasteiger partial charge in [0.15, 0.2) is 0 Å². The summed E-state index contributed by atoms with van der Waals surface area (Å²) in [5.74, 6) is -0.527. The maximum absolute atomic E-state index is 13.0. The second kappa shape index (κ2) is 3.40. The summed E-state index contributed by atoms with van der Waals surface area (Å²) < 4.78 is 13.0. The summed E-state index contributed by atoms with van der Waals surface area (Å²) in [5, 5.41) is 2.82. The topological polar surface area (TPSA) is 29.1 Å². The first kappa shape index (κ1) is 9.19. The van der Waals surface area contributed by atoms with Gasteiger partial charge < -0.3 is 5.32 Å². The van der Waals surface area contributed by atoms with Gasteiger partial charge in [0.05, 0.1) is 0 Å². The van der Waals surface area contributed by atoms with Gasteiger partial charge >= 0.3 is 0 Å². The number of nitrogens with one attached hydrogen (secondary N) is 1. The van der Waals surface area contributed by atoms with Crippen molar-refractivity contribution in [3.05, 3.63) is 35.1 Å². The van der Waals surface area contributed by atoms with Gasteiger partial charge in [-0.15, -0.1) is 0 Å². The second-order valence-corrected chi connectivity index (χ2v) is 3.76. The SMILES string of the molecule is Cc1cc(F)cc(C(=O)NC2CC2)c1. The molecule has 0 spiro atoms. The van der Waals surface area contributed by atoms with Gasteiger partial charge in [0, 0.05) is 11.6 Å². The number of halogens is 1. The lowest BCUT2D eigenvalue weighted by Crippen LogP contribution is -2.25. The fourth-order valence-electron chi connectivity index (χ4n) is 1.36. The van der Waals surface area contributed by atoms with E-state index < -0.39 is 0 Å². The zero-order chi connectivity index (χ0) is 10.1. The van der Waals surface area contributed by atoms with Crippen LogP contribution in [0, 0.1) is 12.7 Å². The van der Waals surface area contributed by atoms with Crippen LogP contribution in [-0.4, -0.2) is 11.9 Å². The average Bonchev–Trinajstić information content (AvgIpc) is 2.86. The molecular weight excluding hydrogens is 181 g/mol. The van der Waals surface area contributed by atoms with E-state index in [1.807, 2.05) is 0 Å². The minimum atomic E-state index is -0.356. The number of carbonyl (C=O) groups is 1. The first-order valence-electron chi connectivity index (χ1n) is 4.73. The molecular formula is C11H12FNO. The van der Waals surface area contributed by atoms with Crippen LogP contribution in [0.2, 0.25) is 0 Å². The highest BCUT2D eigenvalue weighted by atomic mass is 19.1. The Labute approximate surface area is 82.1 Å². The largest absolute Gasteiger partial charge is 0.349 e. The summed E-state index contributed by atoms with van der Waals surface area (Å²) in [6.45, 7) is 1.77. The van der Waals surface area contributed by atoms with Crippen molar-refractivity contribution < 1.29 is 9.18 Å². The highest BCUT2D eigenvalue weighted by Crippen LogP contribution is 2.19. The Hall–Kier alpha value is -1.38. The van der Waals surface area contributed by atoms with E-state index in [2.05, 4.69) is 5.32 Å². The van der Waals surface area contributed by atoms with Crippen LogP contribution >= 0.6 is 0 Å². The number of carbonyl (C=O) groups excluding carboxylic acids is 1. The molecule has 14 heavy (non-hydrogen) atoms. The van der Waals surface area contributed by atoms with Crippen LogP contribution in [0.25, 0.3) is 0 Å². The minimum absolute atomic E-state index is 0.171. The Morgan fingerprint density at radius 1 is 1.43 bits per heavy atom. The Balaban J connectivity index is 2.17. The van der Waals surface area contributed by atoms with E-state index in [1.165, 1.54) is 12.1 Å². The van der Waals surface area contributed by atoms with Crippen LogP contribution in [0.4, 0.5) is 4.39 Å². The third-order valence-electron chi connectivity index (χ3n) is 2.22. The van der Waals surface area contributed by atoms with Gasteiger partial charge in [-0.05, 0) is 43.5 Å². The van der Waals surface area contributed by atoms with Gasteiger partial charge in [0.2, 0.25) is 0 Å². The Kier molecular flexibility index (Phi) is 2.23. The molecule has 0 heterocycles. The van der Waals surface area contributed by atoms with Crippen LogP contribution in [0.1, 0.15) is 28.8 Å². The average molecular weight is 193 g/mol. The lowest BCUT2D eigenvalue weighted by molar-refractivity contribution is 0.0950. The number of hydrogen-bond acceptors (Lipinski definition) is 1. The summed E-state index contributed by atoms with van der Waals surface area (Å²) in [5.41, 5.74) is 1.18. The zero-order valence-corrected chi connectivity index (χ0v) is 8.01. The first-order valence-corrected chi connectivity index (χ1v) is 4.73. The molecule has 0 saturated heterocycles. The van der Waals surface area contributed by atoms with Gasteiger partial charge in [0.1, 0.15) is 5.82 Å². The predicted molar refractivity (Wildman–Crippen MR) is 51.6 cm³/mol. The van der Waals surface area contributed by atoms with Crippen molar-refractivity contribution in [3.8, 4) is 0 Å². The number of rotatable bonds is 2. The van der Waals surface area contributed by atoms with Crippen LogP contribution in [-0.2, 0) is 0 Å². The third kappa shape index (κ3) is 2.10. The molecule has 1 aliphatic rings. The van der Waals surface area contributed by atoms with Gasteiger partial charge in [-0.3, -0.25) is 4.79 Å². The standard InChI is InChI=1S/C11H12FNO/c1-7-4-8(6-9(12)5-7)11(14)13-10-2-3-10/h4-6,10H,2-3H2,1H3,(H,13,14). The molecule has 0 bridgehead atoms. The molecule has 0 unspecified atom stereocenters. The molecule has 1 fully saturated rings. The van der Waals surface area contributed by atoms with E-state index in [-0.39, 0.29) is 11.7 Å². The van der Waals surface area contributed by atoms with E-state index in [0.29, 0.717) is 11.6 Å². The Morgan fingerprint density at radius 2 is 2.14 bits per heavy atom. The first-order chi connectivity index (χ1) is 6.65. The molecule has 0 aromatic heterocycles. The van der Waals surface area contributed by atoms with Crippen molar-refractivity contribution in [1.82, 2.24) is 5.32 Å². The normalized spacial score (nSPS) is 15.3. The monoisotopic (exact) mass is 193 g/mol. The molecule has 0 aliphatic heterocycles. The van der Waals surface area contributed by atoms with E-state index >= 15 is 0 Å². The number of benzene rings is 1. The predicted octanol–water partition coefficient (Wildman–Crippen LogP) is 2.03. The molecule has 1 N–H and O–H groups in total. The summed E-state index contributed by atoms with van der Waals surface area (Å²) in [6, 6.07) is 4.69.